The Kier molecular flexibility index (Phi) is 4.99. The van der Waals surface area contributed by atoms with Crippen molar-refractivity contribution in [2.45, 2.75) is 45.1 Å². The van der Waals surface area contributed by atoms with Crippen molar-refractivity contribution >= 4 is 22.7 Å². The van der Waals surface area contributed by atoms with Gasteiger partial charge in [0.15, 0.2) is 5.16 Å². The second kappa shape index (κ2) is 7.04. The lowest BCUT2D eigenvalue weighted by atomic mass is 10.2. The summed E-state index contributed by atoms with van der Waals surface area (Å²) in [6.07, 6.45) is 0. The number of aryl methyl sites for hydroxylation is 1. The SMILES string of the molecule is Cc1nc(SCc2nc3ccccc3c(=O)n2C)n(CC(C)C)c1C. The van der Waals surface area contributed by atoms with Crippen molar-refractivity contribution in [2.24, 2.45) is 13.0 Å². The minimum atomic E-state index is -0.000849. The maximum atomic E-state index is 12.5. The van der Waals surface area contributed by atoms with Crippen LogP contribution in [0.3, 0.4) is 0 Å². The predicted octanol–water partition coefficient (Wildman–Crippen LogP) is 3.70. The van der Waals surface area contributed by atoms with E-state index in [1.165, 1.54) is 5.69 Å². The predicted molar refractivity (Wildman–Crippen MR) is 103 cm³/mol. The standard InChI is InChI=1S/C19H24N4OS/c1-12(2)10-23-14(4)13(3)20-19(23)25-11-17-21-16-9-7-6-8-15(16)18(24)22(17)5/h6-9,12H,10-11H2,1-5H3. The molecular formula is C19H24N4OS. The number of benzene rings is 1. The minimum absolute atomic E-state index is 0.000849. The molecule has 1 aromatic carbocycles. The highest BCUT2D eigenvalue weighted by atomic mass is 32.2. The average Bonchev–Trinajstić information content (AvgIpc) is 2.84. The molecule has 0 aliphatic heterocycles. The van der Waals surface area contributed by atoms with Crippen molar-refractivity contribution in [1.29, 1.82) is 0 Å². The quantitative estimate of drug-likeness (QED) is 0.654. The Labute approximate surface area is 152 Å². The van der Waals surface area contributed by atoms with E-state index in [-0.39, 0.29) is 5.56 Å². The van der Waals surface area contributed by atoms with Gasteiger partial charge in [0, 0.05) is 19.3 Å². The van der Waals surface area contributed by atoms with Gasteiger partial charge in [-0.1, -0.05) is 37.7 Å². The molecule has 3 rings (SSSR count). The van der Waals surface area contributed by atoms with Crippen LogP contribution in [0.2, 0.25) is 0 Å². The molecule has 0 saturated carbocycles. The molecule has 0 spiro atoms. The number of nitrogens with zero attached hydrogens (tertiary/aromatic N) is 4. The first-order valence-corrected chi connectivity index (χ1v) is 9.48. The number of rotatable bonds is 5. The van der Waals surface area contributed by atoms with E-state index in [1.807, 2.05) is 31.2 Å². The number of thioether (sulfide) groups is 1. The molecule has 2 heterocycles. The number of fused-ring (bicyclic) bond motifs is 1. The molecule has 6 heteroatoms. The van der Waals surface area contributed by atoms with Crippen LogP contribution in [0.15, 0.2) is 34.2 Å². The summed E-state index contributed by atoms with van der Waals surface area (Å²) in [6, 6.07) is 7.49. The first kappa shape index (κ1) is 17.7. The van der Waals surface area contributed by atoms with Crippen molar-refractivity contribution in [3.05, 3.63) is 51.8 Å². The van der Waals surface area contributed by atoms with Crippen LogP contribution in [0.1, 0.15) is 31.1 Å². The lowest BCUT2D eigenvalue weighted by Gasteiger charge is -2.13. The first-order valence-electron chi connectivity index (χ1n) is 8.49. The van der Waals surface area contributed by atoms with Gasteiger partial charge in [-0.05, 0) is 31.9 Å². The zero-order valence-electron chi connectivity index (χ0n) is 15.4. The van der Waals surface area contributed by atoms with Gasteiger partial charge in [-0.25, -0.2) is 9.97 Å². The highest BCUT2D eigenvalue weighted by molar-refractivity contribution is 7.98. The van der Waals surface area contributed by atoms with E-state index in [9.17, 15) is 4.79 Å². The fourth-order valence-electron chi connectivity index (χ4n) is 2.84. The Morgan fingerprint density at radius 1 is 1.16 bits per heavy atom. The molecule has 0 N–H and O–H groups in total. The first-order chi connectivity index (χ1) is 11.9. The van der Waals surface area contributed by atoms with Crippen LogP contribution in [-0.2, 0) is 19.3 Å². The van der Waals surface area contributed by atoms with Crippen molar-refractivity contribution in [2.75, 3.05) is 0 Å². The van der Waals surface area contributed by atoms with Crippen LogP contribution in [0.5, 0.6) is 0 Å². The Balaban J connectivity index is 1.92. The summed E-state index contributed by atoms with van der Waals surface area (Å²) in [5.41, 5.74) is 3.01. The fraction of sp³-hybridized carbons (Fsp3) is 0.421. The molecule has 0 aliphatic carbocycles. The van der Waals surface area contributed by atoms with Gasteiger partial charge in [0.05, 0.1) is 22.3 Å². The topological polar surface area (TPSA) is 52.7 Å². The molecule has 132 valence electrons. The second-order valence-corrected chi connectivity index (χ2v) is 7.71. The lowest BCUT2D eigenvalue weighted by molar-refractivity contribution is 0.486. The summed E-state index contributed by atoms with van der Waals surface area (Å²) in [6.45, 7) is 9.51. The molecule has 25 heavy (non-hydrogen) atoms. The maximum Gasteiger partial charge on any atom is 0.261 e. The van der Waals surface area contributed by atoms with Crippen LogP contribution in [0, 0.1) is 19.8 Å². The largest absolute Gasteiger partial charge is 0.323 e. The number of imidazole rings is 1. The molecule has 0 fully saturated rings. The summed E-state index contributed by atoms with van der Waals surface area (Å²) in [5.74, 6) is 1.93. The summed E-state index contributed by atoms with van der Waals surface area (Å²) in [5, 5.41) is 1.65. The molecule has 3 aromatic rings. The number of hydrogen-bond donors (Lipinski definition) is 0. The Hall–Kier alpha value is -2.08. The maximum absolute atomic E-state index is 12.5. The van der Waals surface area contributed by atoms with Crippen LogP contribution < -0.4 is 5.56 Å². The monoisotopic (exact) mass is 356 g/mol. The van der Waals surface area contributed by atoms with Crippen LogP contribution >= 0.6 is 11.8 Å². The van der Waals surface area contributed by atoms with Gasteiger partial charge < -0.3 is 4.57 Å². The van der Waals surface area contributed by atoms with Gasteiger partial charge in [-0.3, -0.25) is 9.36 Å². The third-order valence-corrected chi connectivity index (χ3v) is 5.35. The van der Waals surface area contributed by atoms with Gasteiger partial charge in [-0.15, -0.1) is 0 Å². The normalized spacial score (nSPS) is 11.6. The highest BCUT2D eigenvalue weighted by Crippen LogP contribution is 2.25. The van der Waals surface area contributed by atoms with Crippen molar-refractivity contribution < 1.29 is 0 Å². The fourth-order valence-corrected chi connectivity index (χ4v) is 3.92. The van der Waals surface area contributed by atoms with Crippen molar-refractivity contribution in [1.82, 2.24) is 19.1 Å². The van der Waals surface area contributed by atoms with E-state index in [1.54, 1.807) is 23.4 Å². The summed E-state index contributed by atoms with van der Waals surface area (Å²) < 4.78 is 3.91. The Morgan fingerprint density at radius 2 is 1.88 bits per heavy atom. The summed E-state index contributed by atoms with van der Waals surface area (Å²) in [7, 11) is 1.79. The Morgan fingerprint density at radius 3 is 2.60 bits per heavy atom. The average molecular weight is 356 g/mol. The number of aromatic nitrogens is 4. The second-order valence-electron chi connectivity index (χ2n) is 6.77. The zero-order chi connectivity index (χ0) is 18.1. The van der Waals surface area contributed by atoms with Gasteiger partial charge in [-0.2, -0.15) is 0 Å². The smallest absolute Gasteiger partial charge is 0.261 e. The van der Waals surface area contributed by atoms with Gasteiger partial charge >= 0.3 is 0 Å². The van der Waals surface area contributed by atoms with E-state index < -0.39 is 0 Å². The number of hydrogen-bond acceptors (Lipinski definition) is 4. The molecule has 0 aliphatic rings. The third kappa shape index (κ3) is 3.49. The van der Waals surface area contributed by atoms with Gasteiger partial charge in [0.2, 0.25) is 0 Å². The molecule has 0 atom stereocenters. The summed E-state index contributed by atoms with van der Waals surface area (Å²) >= 11 is 1.64. The van der Waals surface area contributed by atoms with Gasteiger partial charge in [0.1, 0.15) is 5.82 Å². The third-order valence-electron chi connectivity index (χ3n) is 4.38. The Bertz CT molecular complexity index is 971. The number of para-hydroxylation sites is 1. The molecule has 0 saturated heterocycles. The molecule has 5 nitrogen and oxygen atoms in total. The summed E-state index contributed by atoms with van der Waals surface area (Å²) in [4.78, 5) is 21.9. The van der Waals surface area contributed by atoms with E-state index in [4.69, 9.17) is 4.98 Å². The van der Waals surface area contributed by atoms with E-state index in [0.29, 0.717) is 17.1 Å². The van der Waals surface area contributed by atoms with Crippen LogP contribution in [-0.4, -0.2) is 19.1 Å². The van der Waals surface area contributed by atoms with Crippen molar-refractivity contribution in [3.8, 4) is 0 Å². The van der Waals surface area contributed by atoms with Gasteiger partial charge in [0.25, 0.3) is 5.56 Å². The molecule has 0 unspecified atom stereocenters. The van der Waals surface area contributed by atoms with Crippen LogP contribution in [0.25, 0.3) is 10.9 Å². The van der Waals surface area contributed by atoms with E-state index in [2.05, 4.69) is 30.3 Å². The van der Waals surface area contributed by atoms with E-state index >= 15 is 0 Å². The van der Waals surface area contributed by atoms with Crippen LogP contribution in [0.4, 0.5) is 0 Å². The highest BCUT2D eigenvalue weighted by Gasteiger charge is 2.15. The minimum Gasteiger partial charge on any atom is -0.323 e. The zero-order valence-corrected chi connectivity index (χ0v) is 16.2. The molecular weight excluding hydrogens is 332 g/mol. The molecule has 2 aromatic heterocycles. The molecule has 0 radical (unpaired) electrons. The van der Waals surface area contributed by atoms with E-state index in [0.717, 1.165) is 28.7 Å². The lowest BCUT2D eigenvalue weighted by Crippen LogP contribution is -2.22. The van der Waals surface area contributed by atoms with Crippen molar-refractivity contribution in [3.63, 3.8) is 0 Å². The molecule has 0 bridgehead atoms. The molecule has 0 amide bonds.